The summed E-state index contributed by atoms with van der Waals surface area (Å²) in [7, 11) is 0. The number of aromatic amines is 1. The number of para-hydroxylation sites is 1. The first-order chi connectivity index (χ1) is 10.1. The Kier molecular flexibility index (Phi) is 3.95. The Balaban J connectivity index is 1.60. The quantitative estimate of drug-likeness (QED) is 0.765. The second kappa shape index (κ2) is 5.73. The molecule has 0 unspecified atom stereocenters. The number of benzene rings is 1. The van der Waals surface area contributed by atoms with Crippen LogP contribution < -0.4 is 11.1 Å². The number of amides is 1. The van der Waals surface area contributed by atoms with E-state index in [-0.39, 0.29) is 10.7 Å². The van der Waals surface area contributed by atoms with Crippen molar-refractivity contribution in [2.75, 3.05) is 12.8 Å². The molecule has 4 N–H and O–H groups in total. The molecule has 1 aromatic heterocycles. The van der Waals surface area contributed by atoms with Crippen molar-refractivity contribution in [2.45, 2.75) is 30.1 Å². The van der Waals surface area contributed by atoms with E-state index >= 15 is 0 Å². The van der Waals surface area contributed by atoms with Gasteiger partial charge in [-0.05, 0) is 37.1 Å². The van der Waals surface area contributed by atoms with Crippen LogP contribution in [0.15, 0.2) is 30.5 Å². The fourth-order valence-electron chi connectivity index (χ4n) is 2.60. The molecular formula is C16H21N3OS. The van der Waals surface area contributed by atoms with Crippen molar-refractivity contribution in [1.82, 2.24) is 10.3 Å². The highest BCUT2D eigenvalue weighted by Gasteiger charge is 2.42. The molecule has 1 heterocycles. The third-order valence-corrected chi connectivity index (χ3v) is 5.70. The van der Waals surface area contributed by atoms with Crippen LogP contribution >= 0.6 is 11.8 Å². The van der Waals surface area contributed by atoms with E-state index in [1.165, 1.54) is 12.8 Å². The average molecular weight is 303 g/mol. The van der Waals surface area contributed by atoms with Crippen LogP contribution in [0.1, 0.15) is 18.4 Å². The molecule has 0 aliphatic heterocycles. The number of thioether (sulfide) groups is 1. The van der Waals surface area contributed by atoms with Gasteiger partial charge in [0, 0.05) is 28.4 Å². The van der Waals surface area contributed by atoms with Crippen molar-refractivity contribution >= 4 is 28.6 Å². The molecule has 4 nitrogen and oxygen atoms in total. The normalized spacial score (nSPS) is 17.6. The zero-order valence-electron chi connectivity index (χ0n) is 12.2. The fourth-order valence-corrected chi connectivity index (χ4v) is 3.33. The largest absolute Gasteiger partial charge is 0.361 e. The number of rotatable bonds is 6. The second-order valence-corrected chi connectivity index (χ2v) is 7.05. The maximum absolute atomic E-state index is 12.1. The summed E-state index contributed by atoms with van der Waals surface area (Å²) >= 11 is 1.84. The Hall–Kier alpha value is -1.46. The molecule has 0 radical (unpaired) electrons. The number of fused-ring (bicyclic) bond motifs is 1. The van der Waals surface area contributed by atoms with Crippen LogP contribution in [0.25, 0.3) is 10.9 Å². The first-order valence-corrected chi connectivity index (χ1v) is 8.49. The zero-order chi connectivity index (χ0) is 14.9. The highest BCUT2D eigenvalue weighted by Crippen LogP contribution is 2.46. The molecule has 2 aromatic rings. The third-order valence-electron chi connectivity index (χ3n) is 4.28. The molecule has 1 atom stereocenters. The Bertz CT molecular complexity index is 648. The predicted octanol–water partition coefficient (Wildman–Crippen LogP) is 2.05. The van der Waals surface area contributed by atoms with Gasteiger partial charge in [-0.25, -0.2) is 0 Å². The van der Waals surface area contributed by atoms with Gasteiger partial charge < -0.3 is 16.0 Å². The minimum atomic E-state index is -0.498. The van der Waals surface area contributed by atoms with Crippen molar-refractivity contribution in [2.24, 2.45) is 5.73 Å². The molecule has 1 aliphatic rings. The van der Waals surface area contributed by atoms with Gasteiger partial charge in [0.2, 0.25) is 5.91 Å². The summed E-state index contributed by atoms with van der Waals surface area (Å²) in [5, 5.41) is 4.14. The van der Waals surface area contributed by atoms with Gasteiger partial charge in [-0.2, -0.15) is 11.8 Å². The summed E-state index contributed by atoms with van der Waals surface area (Å²) < 4.78 is 0.274. The number of hydrogen-bond donors (Lipinski definition) is 3. The third kappa shape index (κ3) is 3.09. The molecule has 3 rings (SSSR count). The number of H-pyrrole nitrogens is 1. The average Bonchev–Trinajstić information content (AvgIpc) is 3.20. The SMILES string of the molecule is CSC1(CNC(=O)[C@H](N)Cc2c[nH]c3ccccc23)CC1. The smallest absolute Gasteiger partial charge is 0.237 e. The second-order valence-electron chi connectivity index (χ2n) is 5.78. The maximum Gasteiger partial charge on any atom is 0.237 e. The molecule has 1 saturated carbocycles. The minimum absolute atomic E-state index is 0.0550. The first kappa shape index (κ1) is 14.5. The van der Waals surface area contributed by atoms with Crippen molar-refractivity contribution in [1.29, 1.82) is 0 Å². The first-order valence-electron chi connectivity index (χ1n) is 7.27. The lowest BCUT2D eigenvalue weighted by Gasteiger charge is -2.16. The molecular weight excluding hydrogens is 282 g/mol. The van der Waals surface area contributed by atoms with Crippen LogP contribution in [0.2, 0.25) is 0 Å². The topological polar surface area (TPSA) is 70.9 Å². The molecule has 0 saturated heterocycles. The summed E-state index contributed by atoms with van der Waals surface area (Å²) in [6, 6.07) is 7.58. The van der Waals surface area contributed by atoms with Crippen molar-refractivity contribution < 1.29 is 4.79 Å². The van der Waals surface area contributed by atoms with E-state index < -0.39 is 6.04 Å². The summed E-state index contributed by atoms with van der Waals surface area (Å²) in [6.07, 6.45) is 6.98. The number of hydrogen-bond acceptors (Lipinski definition) is 3. The van der Waals surface area contributed by atoms with E-state index in [9.17, 15) is 4.79 Å². The summed E-state index contributed by atoms with van der Waals surface area (Å²) in [5.41, 5.74) is 8.24. The molecule has 1 fully saturated rings. The van der Waals surface area contributed by atoms with Crippen LogP contribution in [0, 0.1) is 0 Å². The summed E-state index contributed by atoms with van der Waals surface area (Å²) in [5.74, 6) is -0.0550. The summed E-state index contributed by atoms with van der Waals surface area (Å²) in [6.45, 7) is 0.731. The van der Waals surface area contributed by atoms with Crippen LogP contribution in [0.5, 0.6) is 0 Å². The lowest BCUT2D eigenvalue weighted by molar-refractivity contribution is -0.122. The van der Waals surface area contributed by atoms with E-state index in [0.29, 0.717) is 6.42 Å². The Morgan fingerprint density at radius 2 is 2.24 bits per heavy atom. The van der Waals surface area contributed by atoms with E-state index in [2.05, 4.69) is 22.6 Å². The molecule has 112 valence electrons. The van der Waals surface area contributed by atoms with Crippen LogP contribution in [-0.4, -0.2) is 34.5 Å². The Morgan fingerprint density at radius 3 is 2.95 bits per heavy atom. The molecule has 21 heavy (non-hydrogen) atoms. The number of carbonyl (C=O) groups excluding carboxylic acids is 1. The Labute approximate surface area is 128 Å². The van der Waals surface area contributed by atoms with Crippen molar-refractivity contribution in [3.05, 3.63) is 36.0 Å². The fraction of sp³-hybridized carbons (Fsp3) is 0.438. The highest BCUT2D eigenvalue weighted by atomic mass is 32.2. The van der Waals surface area contributed by atoms with Crippen LogP contribution in [0.3, 0.4) is 0 Å². The zero-order valence-corrected chi connectivity index (χ0v) is 13.0. The molecule has 1 aliphatic carbocycles. The number of nitrogens with two attached hydrogens (primary N) is 1. The van der Waals surface area contributed by atoms with E-state index in [1.807, 2.05) is 36.2 Å². The highest BCUT2D eigenvalue weighted by molar-refractivity contribution is 8.00. The molecule has 1 amide bonds. The van der Waals surface area contributed by atoms with E-state index in [1.54, 1.807) is 0 Å². The van der Waals surface area contributed by atoms with Gasteiger partial charge in [0.25, 0.3) is 0 Å². The van der Waals surface area contributed by atoms with Gasteiger partial charge in [0.15, 0.2) is 0 Å². The van der Waals surface area contributed by atoms with Crippen LogP contribution in [-0.2, 0) is 11.2 Å². The Morgan fingerprint density at radius 1 is 1.48 bits per heavy atom. The number of carbonyl (C=O) groups is 1. The van der Waals surface area contributed by atoms with Gasteiger partial charge in [0.05, 0.1) is 6.04 Å². The standard InChI is InChI=1S/C16H21N3OS/c1-21-16(6-7-16)10-19-15(20)13(17)8-11-9-18-14-5-3-2-4-12(11)14/h2-5,9,13,18H,6-8,10,17H2,1H3,(H,19,20)/t13-/m1/s1. The maximum atomic E-state index is 12.1. The molecule has 1 aromatic carbocycles. The van der Waals surface area contributed by atoms with Gasteiger partial charge in [0.1, 0.15) is 0 Å². The number of aromatic nitrogens is 1. The lowest BCUT2D eigenvalue weighted by atomic mass is 10.1. The van der Waals surface area contributed by atoms with Crippen molar-refractivity contribution in [3.63, 3.8) is 0 Å². The monoisotopic (exact) mass is 303 g/mol. The summed E-state index contributed by atoms with van der Waals surface area (Å²) in [4.78, 5) is 15.4. The van der Waals surface area contributed by atoms with E-state index in [0.717, 1.165) is 23.0 Å². The van der Waals surface area contributed by atoms with Gasteiger partial charge in [-0.3, -0.25) is 4.79 Å². The van der Waals surface area contributed by atoms with Gasteiger partial charge in [-0.15, -0.1) is 0 Å². The van der Waals surface area contributed by atoms with Crippen molar-refractivity contribution in [3.8, 4) is 0 Å². The molecule has 5 heteroatoms. The van der Waals surface area contributed by atoms with Crippen LogP contribution in [0.4, 0.5) is 0 Å². The molecule has 0 bridgehead atoms. The molecule has 0 spiro atoms. The minimum Gasteiger partial charge on any atom is -0.361 e. The van der Waals surface area contributed by atoms with E-state index in [4.69, 9.17) is 5.73 Å². The van der Waals surface area contributed by atoms with Gasteiger partial charge in [-0.1, -0.05) is 18.2 Å². The van der Waals surface area contributed by atoms with Gasteiger partial charge >= 0.3 is 0 Å². The number of nitrogens with one attached hydrogen (secondary N) is 2. The lowest BCUT2D eigenvalue weighted by Crippen LogP contribution is -2.44. The predicted molar refractivity (Wildman–Crippen MR) is 88.5 cm³/mol.